The molecule has 1 N–H and O–H groups in total. The molecule has 0 saturated heterocycles. The molecule has 2 aromatic carbocycles. The number of hydrogen-bond donors (Lipinski definition) is 1. The van der Waals surface area contributed by atoms with Gasteiger partial charge < -0.3 is 4.98 Å². The van der Waals surface area contributed by atoms with Crippen molar-refractivity contribution in [2.24, 2.45) is 0 Å². The average molecular weight is 315 g/mol. The third kappa shape index (κ3) is 2.79. The van der Waals surface area contributed by atoms with Gasteiger partial charge in [-0.25, -0.2) is 0 Å². The fourth-order valence-corrected chi connectivity index (χ4v) is 3.32. The Morgan fingerprint density at radius 2 is 1.62 bits per heavy atom. The predicted octanol–water partition coefficient (Wildman–Crippen LogP) is 4.74. The van der Waals surface area contributed by atoms with Crippen LogP contribution in [0.3, 0.4) is 0 Å². The molecule has 2 heterocycles. The van der Waals surface area contributed by atoms with Gasteiger partial charge in [-0.15, -0.1) is 0 Å². The Labute approximate surface area is 142 Å². The number of pyridine rings is 1. The van der Waals surface area contributed by atoms with Crippen LogP contribution in [0.4, 0.5) is 0 Å². The van der Waals surface area contributed by atoms with Gasteiger partial charge in [0.15, 0.2) is 0 Å². The lowest BCUT2D eigenvalue weighted by Crippen LogP contribution is -2.22. The molecule has 3 nitrogen and oxygen atoms in total. The zero-order chi connectivity index (χ0) is 16.4. The van der Waals surface area contributed by atoms with Crippen LogP contribution in [0.25, 0.3) is 21.8 Å². The van der Waals surface area contributed by atoms with Crippen molar-refractivity contribution < 1.29 is 0 Å². The number of rotatable bonds is 5. The minimum Gasteiger partial charge on any atom is -0.361 e. The molecule has 4 aromatic rings. The van der Waals surface area contributed by atoms with E-state index in [9.17, 15) is 0 Å². The number of fused-ring (bicyclic) bond motifs is 2. The Hall–Kier alpha value is -2.65. The smallest absolute Gasteiger partial charge is 0.0705 e. The Kier molecular flexibility index (Phi) is 4.01. The van der Waals surface area contributed by atoms with Gasteiger partial charge in [0.1, 0.15) is 0 Å². The maximum absolute atomic E-state index is 4.47. The van der Waals surface area contributed by atoms with Crippen LogP contribution in [0.1, 0.15) is 18.1 Å². The first-order valence-corrected chi connectivity index (χ1v) is 8.45. The first-order chi connectivity index (χ1) is 11.8. The number of benzene rings is 2. The van der Waals surface area contributed by atoms with Crippen LogP contribution >= 0.6 is 0 Å². The summed E-state index contributed by atoms with van der Waals surface area (Å²) in [5.74, 6) is 0. The summed E-state index contributed by atoms with van der Waals surface area (Å²) in [6.45, 7) is 5.10. The predicted molar refractivity (Wildman–Crippen MR) is 99.8 cm³/mol. The molecule has 2 aromatic heterocycles. The van der Waals surface area contributed by atoms with E-state index < -0.39 is 0 Å². The molecular weight excluding hydrogens is 294 g/mol. The summed E-state index contributed by atoms with van der Waals surface area (Å²) < 4.78 is 0. The number of nitrogens with zero attached hydrogens (tertiary/aromatic N) is 2. The van der Waals surface area contributed by atoms with E-state index in [0.717, 1.165) is 25.2 Å². The van der Waals surface area contributed by atoms with E-state index in [1.165, 1.54) is 27.4 Å². The summed E-state index contributed by atoms with van der Waals surface area (Å²) in [6.07, 6.45) is 4.05. The zero-order valence-electron chi connectivity index (χ0n) is 13.9. The van der Waals surface area contributed by atoms with Gasteiger partial charge in [0, 0.05) is 41.8 Å². The fraction of sp³-hybridized carbons (Fsp3) is 0.190. The van der Waals surface area contributed by atoms with E-state index in [1.807, 2.05) is 12.3 Å². The third-order valence-electron chi connectivity index (χ3n) is 4.65. The van der Waals surface area contributed by atoms with Crippen LogP contribution in [-0.2, 0) is 13.1 Å². The van der Waals surface area contributed by atoms with Gasteiger partial charge in [0.2, 0.25) is 0 Å². The Balaban J connectivity index is 1.62. The van der Waals surface area contributed by atoms with Crippen LogP contribution in [0, 0.1) is 0 Å². The molecule has 0 spiro atoms. The molecule has 0 fully saturated rings. The van der Waals surface area contributed by atoms with Crippen molar-refractivity contribution >= 4 is 21.8 Å². The number of H-pyrrole nitrogens is 1. The zero-order valence-corrected chi connectivity index (χ0v) is 13.9. The highest BCUT2D eigenvalue weighted by atomic mass is 15.1. The molecule has 24 heavy (non-hydrogen) atoms. The Morgan fingerprint density at radius 3 is 2.50 bits per heavy atom. The highest BCUT2D eigenvalue weighted by Crippen LogP contribution is 2.22. The van der Waals surface area contributed by atoms with Gasteiger partial charge in [0.25, 0.3) is 0 Å². The molecule has 4 rings (SSSR count). The molecule has 0 amide bonds. The monoisotopic (exact) mass is 315 g/mol. The summed E-state index contributed by atoms with van der Waals surface area (Å²) >= 11 is 0. The van der Waals surface area contributed by atoms with Crippen LogP contribution in [-0.4, -0.2) is 21.4 Å². The second-order valence-electron chi connectivity index (χ2n) is 6.15. The van der Waals surface area contributed by atoms with Crippen molar-refractivity contribution in [3.05, 3.63) is 78.1 Å². The van der Waals surface area contributed by atoms with Crippen LogP contribution in [0.15, 0.2) is 67.0 Å². The summed E-state index contributed by atoms with van der Waals surface area (Å²) in [7, 11) is 0. The molecule has 0 aliphatic heterocycles. The van der Waals surface area contributed by atoms with E-state index in [-0.39, 0.29) is 0 Å². The fourth-order valence-electron chi connectivity index (χ4n) is 3.32. The highest BCUT2D eigenvalue weighted by molar-refractivity contribution is 5.83. The van der Waals surface area contributed by atoms with E-state index in [1.54, 1.807) is 0 Å². The van der Waals surface area contributed by atoms with E-state index in [4.69, 9.17) is 0 Å². The summed E-state index contributed by atoms with van der Waals surface area (Å²) in [6, 6.07) is 19.0. The molecule has 0 aliphatic carbocycles. The average Bonchev–Trinajstić information content (AvgIpc) is 3.04. The summed E-state index contributed by atoms with van der Waals surface area (Å²) in [5, 5.41) is 2.56. The first kappa shape index (κ1) is 14.9. The molecular formula is C21H21N3. The molecule has 120 valence electrons. The molecule has 0 bridgehead atoms. The number of hydrogen-bond acceptors (Lipinski definition) is 2. The maximum atomic E-state index is 4.47. The van der Waals surface area contributed by atoms with Crippen LogP contribution in [0.5, 0.6) is 0 Å². The van der Waals surface area contributed by atoms with Crippen molar-refractivity contribution in [3.8, 4) is 0 Å². The molecule has 0 saturated carbocycles. The highest BCUT2D eigenvalue weighted by Gasteiger charge is 2.10. The molecule has 0 aliphatic rings. The van der Waals surface area contributed by atoms with Gasteiger partial charge in [-0.3, -0.25) is 9.88 Å². The number of nitrogens with one attached hydrogen (secondary N) is 1. The Morgan fingerprint density at radius 1 is 0.875 bits per heavy atom. The van der Waals surface area contributed by atoms with Crippen molar-refractivity contribution in [1.29, 1.82) is 0 Å². The number of aromatic nitrogens is 2. The largest absolute Gasteiger partial charge is 0.361 e. The summed E-state index contributed by atoms with van der Waals surface area (Å²) in [4.78, 5) is 10.3. The van der Waals surface area contributed by atoms with E-state index >= 15 is 0 Å². The van der Waals surface area contributed by atoms with Crippen molar-refractivity contribution in [2.45, 2.75) is 20.0 Å². The summed E-state index contributed by atoms with van der Waals surface area (Å²) in [5.41, 5.74) is 4.96. The molecule has 0 radical (unpaired) electrons. The third-order valence-corrected chi connectivity index (χ3v) is 4.65. The van der Waals surface area contributed by atoms with Crippen LogP contribution < -0.4 is 0 Å². The lowest BCUT2D eigenvalue weighted by atomic mass is 10.1. The van der Waals surface area contributed by atoms with E-state index in [2.05, 4.69) is 76.5 Å². The SMILES string of the molecule is CCN(Cc1ccnc2ccccc12)Cc1c[nH]c2ccccc12. The number of aromatic amines is 1. The van der Waals surface area contributed by atoms with Crippen molar-refractivity contribution in [3.63, 3.8) is 0 Å². The second kappa shape index (κ2) is 6.46. The van der Waals surface area contributed by atoms with Gasteiger partial charge in [-0.05, 0) is 35.9 Å². The molecule has 3 heteroatoms. The minimum absolute atomic E-state index is 0.930. The lowest BCUT2D eigenvalue weighted by molar-refractivity contribution is 0.273. The number of para-hydroxylation sites is 2. The quantitative estimate of drug-likeness (QED) is 0.577. The first-order valence-electron chi connectivity index (χ1n) is 8.45. The maximum Gasteiger partial charge on any atom is 0.0705 e. The Bertz CT molecular complexity index is 966. The van der Waals surface area contributed by atoms with Gasteiger partial charge in [-0.1, -0.05) is 43.3 Å². The second-order valence-corrected chi connectivity index (χ2v) is 6.15. The van der Waals surface area contributed by atoms with Gasteiger partial charge >= 0.3 is 0 Å². The lowest BCUT2D eigenvalue weighted by Gasteiger charge is -2.21. The molecule has 0 unspecified atom stereocenters. The van der Waals surface area contributed by atoms with Crippen molar-refractivity contribution in [2.75, 3.05) is 6.54 Å². The minimum atomic E-state index is 0.930. The van der Waals surface area contributed by atoms with Gasteiger partial charge in [-0.2, -0.15) is 0 Å². The van der Waals surface area contributed by atoms with Crippen molar-refractivity contribution in [1.82, 2.24) is 14.9 Å². The standard InChI is InChI=1S/C21H21N3/c1-2-24(15-17-13-23-21-10-6-4-8-19(17)21)14-16-11-12-22-20-9-5-3-7-18(16)20/h3-13,23H,2,14-15H2,1H3. The van der Waals surface area contributed by atoms with Crippen LogP contribution in [0.2, 0.25) is 0 Å². The topological polar surface area (TPSA) is 31.9 Å². The molecule has 0 atom stereocenters. The van der Waals surface area contributed by atoms with E-state index in [0.29, 0.717) is 0 Å². The normalized spacial score (nSPS) is 11.6. The van der Waals surface area contributed by atoms with Gasteiger partial charge in [0.05, 0.1) is 5.52 Å².